The third-order valence-corrected chi connectivity index (χ3v) is 3.93. The Morgan fingerprint density at radius 2 is 1.92 bits per heavy atom. The van der Waals surface area contributed by atoms with E-state index in [0.29, 0.717) is 25.1 Å². The zero-order valence-electron chi connectivity index (χ0n) is 14.8. The number of alkyl halides is 3. The summed E-state index contributed by atoms with van der Waals surface area (Å²) in [6, 6.07) is 0.377. The first-order valence-electron chi connectivity index (χ1n) is 8.29. The van der Waals surface area contributed by atoms with Crippen molar-refractivity contribution in [2.24, 2.45) is 4.99 Å². The summed E-state index contributed by atoms with van der Waals surface area (Å²) < 4.78 is 36.8. The fourth-order valence-electron chi connectivity index (χ4n) is 2.76. The van der Waals surface area contributed by atoms with Crippen molar-refractivity contribution in [3.05, 3.63) is 0 Å². The molecule has 2 N–H and O–H groups in total. The van der Waals surface area contributed by atoms with E-state index >= 15 is 0 Å². The molecule has 0 aromatic rings. The lowest BCUT2D eigenvalue weighted by atomic mass is 10.1. The molecule has 0 saturated carbocycles. The van der Waals surface area contributed by atoms with Gasteiger partial charge in [0, 0.05) is 39.3 Å². The Kier molecular flexibility index (Phi) is 12.0. The lowest BCUT2D eigenvalue weighted by Gasteiger charge is -2.32. The Bertz CT molecular complexity index is 358. The normalized spacial score (nSPS) is 17.7. The van der Waals surface area contributed by atoms with Gasteiger partial charge in [-0.15, -0.1) is 24.0 Å². The zero-order valence-corrected chi connectivity index (χ0v) is 17.2. The largest absolute Gasteiger partial charge is 0.401 e. The van der Waals surface area contributed by atoms with Crippen LogP contribution in [0.15, 0.2) is 4.99 Å². The molecule has 0 atom stereocenters. The first-order valence-corrected chi connectivity index (χ1v) is 8.29. The van der Waals surface area contributed by atoms with E-state index in [1.54, 1.807) is 7.05 Å². The molecular weight excluding hydrogens is 434 g/mol. The van der Waals surface area contributed by atoms with Crippen LogP contribution in [0.3, 0.4) is 0 Å². The van der Waals surface area contributed by atoms with Gasteiger partial charge < -0.3 is 15.5 Å². The van der Waals surface area contributed by atoms with Crippen LogP contribution in [0.1, 0.15) is 26.2 Å². The highest BCUT2D eigenvalue weighted by molar-refractivity contribution is 14.0. The molecule has 0 unspecified atom stereocenters. The summed E-state index contributed by atoms with van der Waals surface area (Å²) in [5.74, 6) is 0.666. The van der Waals surface area contributed by atoms with Gasteiger partial charge in [0.15, 0.2) is 5.96 Å². The van der Waals surface area contributed by atoms with Crippen LogP contribution in [0.4, 0.5) is 13.2 Å². The number of likely N-dealkylation sites (N-methyl/N-ethyl adjacent to an activating group) is 1. The second-order valence-electron chi connectivity index (χ2n) is 6.11. The SMILES string of the molecule is CCCN1CCC(NC(=NC)NCCN(C)CC(F)(F)F)CC1.I. The first kappa shape index (κ1) is 23.7. The highest BCUT2D eigenvalue weighted by Gasteiger charge is 2.28. The average Bonchev–Trinajstić information content (AvgIpc) is 2.46. The number of rotatable bonds is 7. The highest BCUT2D eigenvalue weighted by Crippen LogP contribution is 2.15. The van der Waals surface area contributed by atoms with E-state index in [2.05, 4.69) is 27.4 Å². The van der Waals surface area contributed by atoms with Crippen LogP contribution in [0.5, 0.6) is 0 Å². The number of hydrogen-bond acceptors (Lipinski definition) is 3. The molecule has 0 amide bonds. The Balaban J connectivity index is 0.00000529. The maximum Gasteiger partial charge on any atom is 0.401 e. The molecular formula is C15H31F3IN5. The van der Waals surface area contributed by atoms with E-state index in [-0.39, 0.29) is 24.0 Å². The molecule has 0 spiro atoms. The maximum atomic E-state index is 12.3. The quantitative estimate of drug-likeness (QED) is 0.344. The van der Waals surface area contributed by atoms with Crippen LogP contribution in [-0.4, -0.2) is 81.3 Å². The van der Waals surface area contributed by atoms with Crippen molar-refractivity contribution in [2.45, 2.75) is 38.4 Å². The fourth-order valence-corrected chi connectivity index (χ4v) is 2.76. The van der Waals surface area contributed by atoms with Gasteiger partial charge >= 0.3 is 6.18 Å². The number of halogens is 4. The van der Waals surface area contributed by atoms with Crippen molar-refractivity contribution in [3.63, 3.8) is 0 Å². The number of piperidine rings is 1. The standard InChI is InChI=1S/C15H30F3N5.HI/c1-4-8-23-9-5-13(6-10-23)21-14(19-2)20-7-11-22(3)12-15(16,17)18;/h13H,4-12H2,1-3H3,(H2,19,20,21);1H. The predicted molar refractivity (Wildman–Crippen MR) is 103 cm³/mol. The molecule has 1 rings (SSSR count). The smallest absolute Gasteiger partial charge is 0.355 e. The summed E-state index contributed by atoms with van der Waals surface area (Å²) in [5.41, 5.74) is 0. The van der Waals surface area contributed by atoms with Gasteiger partial charge in [0.25, 0.3) is 0 Å². The maximum absolute atomic E-state index is 12.3. The van der Waals surface area contributed by atoms with Crippen molar-refractivity contribution in [3.8, 4) is 0 Å². The molecule has 0 aliphatic carbocycles. The summed E-state index contributed by atoms with van der Waals surface area (Å²) in [6.45, 7) is 5.34. The Hall–Kier alpha value is -0.290. The molecule has 1 aliphatic rings. The van der Waals surface area contributed by atoms with Crippen LogP contribution in [-0.2, 0) is 0 Å². The molecule has 0 radical (unpaired) electrons. The molecule has 1 fully saturated rings. The van der Waals surface area contributed by atoms with Gasteiger partial charge in [0.1, 0.15) is 0 Å². The van der Waals surface area contributed by atoms with Gasteiger partial charge in [-0.05, 0) is 32.9 Å². The minimum Gasteiger partial charge on any atom is -0.355 e. The van der Waals surface area contributed by atoms with Gasteiger partial charge in [0.05, 0.1) is 6.54 Å². The van der Waals surface area contributed by atoms with Crippen molar-refractivity contribution >= 4 is 29.9 Å². The predicted octanol–water partition coefficient (Wildman–Crippen LogP) is 2.14. The molecule has 9 heteroatoms. The van der Waals surface area contributed by atoms with E-state index in [1.165, 1.54) is 18.4 Å². The minimum atomic E-state index is -4.15. The molecule has 1 saturated heterocycles. The van der Waals surface area contributed by atoms with Gasteiger partial charge in [-0.3, -0.25) is 9.89 Å². The third kappa shape index (κ3) is 10.5. The van der Waals surface area contributed by atoms with Crippen LogP contribution in [0.25, 0.3) is 0 Å². The Morgan fingerprint density at radius 1 is 1.29 bits per heavy atom. The van der Waals surface area contributed by atoms with Crippen LogP contribution in [0, 0.1) is 0 Å². The van der Waals surface area contributed by atoms with Gasteiger partial charge in [-0.25, -0.2) is 0 Å². The van der Waals surface area contributed by atoms with Gasteiger partial charge in [0.2, 0.25) is 0 Å². The molecule has 1 aliphatic heterocycles. The summed E-state index contributed by atoms with van der Waals surface area (Å²) in [4.78, 5) is 7.86. The summed E-state index contributed by atoms with van der Waals surface area (Å²) in [6.07, 6.45) is -0.850. The fraction of sp³-hybridized carbons (Fsp3) is 0.933. The zero-order chi connectivity index (χ0) is 17.3. The number of aliphatic imine (C=N–C) groups is 1. The first-order chi connectivity index (χ1) is 10.8. The van der Waals surface area contributed by atoms with E-state index in [1.807, 2.05) is 0 Å². The molecule has 24 heavy (non-hydrogen) atoms. The summed E-state index contributed by atoms with van der Waals surface area (Å²) in [5, 5.41) is 6.45. The molecule has 0 aromatic heterocycles. The third-order valence-electron chi connectivity index (χ3n) is 3.93. The molecule has 0 bridgehead atoms. The lowest BCUT2D eigenvalue weighted by Crippen LogP contribution is -2.49. The molecule has 144 valence electrons. The van der Waals surface area contributed by atoms with E-state index in [4.69, 9.17) is 0 Å². The second-order valence-corrected chi connectivity index (χ2v) is 6.11. The van der Waals surface area contributed by atoms with Crippen LogP contribution >= 0.6 is 24.0 Å². The Morgan fingerprint density at radius 3 is 2.42 bits per heavy atom. The van der Waals surface area contributed by atoms with Crippen molar-refractivity contribution in [1.29, 1.82) is 0 Å². The van der Waals surface area contributed by atoms with Crippen LogP contribution in [0.2, 0.25) is 0 Å². The number of guanidine groups is 1. The second kappa shape index (κ2) is 12.1. The van der Waals surface area contributed by atoms with Crippen molar-refractivity contribution < 1.29 is 13.2 Å². The van der Waals surface area contributed by atoms with E-state index in [9.17, 15) is 13.2 Å². The average molecular weight is 465 g/mol. The number of nitrogens with zero attached hydrogens (tertiary/aromatic N) is 3. The summed E-state index contributed by atoms with van der Waals surface area (Å²) in [7, 11) is 3.15. The number of nitrogens with one attached hydrogen (secondary N) is 2. The van der Waals surface area contributed by atoms with Crippen LogP contribution < -0.4 is 10.6 Å². The van der Waals surface area contributed by atoms with E-state index in [0.717, 1.165) is 32.5 Å². The Labute approximate surface area is 160 Å². The molecule has 5 nitrogen and oxygen atoms in total. The highest BCUT2D eigenvalue weighted by atomic mass is 127. The topological polar surface area (TPSA) is 42.9 Å². The van der Waals surface area contributed by atoms with E-state index < -0.39 is 12.7 Å². The van der Waals surface area contributed by atoms with Gasteiger partial charge in [-0.2, -0.15) is 13.2 Å². The summed E-state index contributed by atoms with van der Waals surface area (Å²) >= 11 is 0. The molecule has 0 aromatic carbocycles. The monoisotopic (exact) mass is 465 g/mol. The minimum absolute atomic E-state index is 0. The van der Waals surface area contributed by atoms with Crippen molar-refractivity contribution in [2.75, 3.05) is 53.4 Å². The number of hydrogen-bond donors (Lipinski definition) is 2. The van der Waals surface area contributed by atoms with Gasteiger partial charge in [-0.1, -0.05) is 6.92 Å². The number of likely N-dealkylation sites (tertiary alicyclic amines) is 1. The lowest BCUT2D eigenvalue weighted by molar-refractivity contribution is -0.142. The molecule has 1 heterocycles. The van der Waals surface area contributed by atoms with Crippen molar-refractivity contribution in [1.82, 2.24) is 20.4 Å².